The normalized spacial score (nSPS) is 11.6. The maximum Gasteiger partial charge on any atom is 0.240 e. The Balaban J connectivity index is 1.82. The van der Waals surface area contributed by atoms with Crippen LogP contribution in [0.25, 0.3) is 11.0 Å². The van der Waals surface area contributed by atoms with Crippen molar-refractivity contribution in [2.24, 2.45) is 0 Å². The fourth-order valence-electron chi connectivity index (χ4n) is 2.39. The van der Waals surface area contributed by atoms with Crippen LogP contribution in [0.15, 0.2) is 47.6 Å². The lowest BCUT2D eigenvalue weighted by Crippen LogP contribution is -2.24. The van der Waals surface area contributed by atoms with E-state index in [1.165, 1.54) is 0 Å². The molecule has 1 heterocycles. The Morgan fingerprint density at radius 2 is 1.92 bits per heavy atom. The number of sulfone groups is 1. The van der Waals surface area contributed by atoms with E-state index in [2.05, 4.69) is 15.3 Å². The summed E-state index contributed by atoms with van der Waals surface area (Å²) in [6, 6.07) is 12.6. The monoisotopic (exact) mass is 343 g/mol. The Kier molecular flexibility index (Phi) is 4.11. The lowest BCUT2D eigenvalue weighted by Gasteiger charge is -2.07. The summed E-state index contributed by atoms with van der Waals surface area (Å²) in [4.78, 5) is 18.9. The summed E-state index contributed by atoms with van der Waals surface area (Å²) >= 11 is 0. The molecular weight excluding hydrogens is 326 g/mol. The summed E-state index contributed by atoms with van der Waals surface area (Å²) in [7, 11) is -3.85. The largest absolute Gasteiger partial charge is 0.329 e. The fraction of sp³-hybridized carbons (Fsp3) is 0.176. The van der Waals surface area contributed by atoms with Crippen LogP contribution in [0.2, 0.25) is 0 Å². The van der Waals surface area contributed by atoms with E-state index in [9.17, 15) is 13.2 Å². The van der Waals surface area contributed by atoms with Crippen molar-refractivity contribution in [2.45, 2.75) is 19.0 Å². The molecule has 7 heteroatoms. The highest BCUT2D eigenvalue weighted by Crippen LogP contribution is 2.18. The Bertz CT molecular complexity index is 1020. The highest BCUT2D eigenvalue weighted by Gasteiger charge is 2.23. The zero-order valence-electron chi connectivity index (χ0n) is 13.3. The maximum atomic E-state index is 12.4. The topological polar surface area (TPSA) is 91.9 Å². The molecule has 6 nitrogen and oxygen atoms in total. The number of rotatable bonds is 4. The third kappa shape index (κ3) is 3.30. The number of fused-ring (bicyclic) bond motifs is 1. The first-order valence-electron chi connectivity index (χ1n) is 7.40. The number of hydrogen-bond donors (Lipinski definition) is 2. The lowest BCUT2D eigenvalue weighted by atomic mass is 10.2. The Morgan fingerprint density at radius 1 is 1.17 bits per heavy atom. The fourth-order valence-corrected chi connectivity index (χ4v) is 3.44. The van der Waals surface area contributed by atoms with Gasteiger partial charge in [-0.15, -0.1) is 0 Å². The Hall–Kier alpha value is -2.67. The summed E-state index contributed by atoms with van der Waals surface area (Å²) in [6.45, 7) is 3.75. The molecule has 0 bridgehead atoms. The number of benzene rings is 2. The second-order valence-corrected chi connectivity index (χ2v) is 7.59. The van der Waals surface area contributed by atoms with Gasteiger partial charge in [-0.3, -0.25) is 4.79 Å². The predicted octanol–water partition coefficient (Wildman–Crippen LogP) is 2.59. The van der Waals surface area contributed by atoms with Crippen LogP contribution in [-0.2, 0) is 14.6 Å². The summed E-state index contributed by atoms with van der Waals surface area (Å²) in [6.07, 6.45) is 0. The van der Waals surface area contributed by atoms with Crippen molar-refractivity contribution in [3.63, 3.8) is 0 Å². The number of anilines is 1. The molecule has 0 aliphatic rings. The zero-order valence-corrected chi connectivity index (χ0v) is 14.1. The number of carbonyl (C=O) groups excluding carboxylic acids is 1. The molecule has 0 aliphatic heterocycles. The third-order valence-electron chi connectivity index (χ3n) is 3.65. The van der Waals surface area contributed by atoms with Crippen LogP contribution in [0.5, 0.6) is 0 Å². The van der Waals surface area contributed by atoms with Crippen molar-refractivity contribution in [1.29, 1.82) is 0 Å². The first-order chi connectivity index (χ1) is 11.3. The van der Waals surface area contributed by atoms with Crippen molar-refractivity contribution in [3.8, 4) is 0 Å². The van der Waals surface area contributed by atoms with Crippen LogP contribution in [0.1, 0.15) is 11.1 Å². The van der Waals surface area contributed by atoms with E-state index in [-0.39, 0.29) is 5.16 Å². The highest BCUT2D eigenvalue weighted by molar-refractivity contribution is 7.92. The van der Waals surface area contributed by atoms with Gasteiger partial charge < -0.3 is 10.3 Å². The first kappa shape index (κ1) is 16.2. The molecule has 0 radical (unpaired) electrons. The molecule has 2 N–H and O–H groups in total. The summed E-state index contributed by atoms with van der Waals surface area (Å²) in [5.41, 5.74) is 3.64. The molecule has 0 saturated heterocycles. The molecule has 0 fully saturated rings. The van der Waals surface area contributed by atoms with Gasteiger partial charge in [0.25, 0.3) is 0 Å². The quantitative estimate of drug-likeness (QED) is 0.761. The van der Waals surface area contributed by atoms with Crippen molar-refractivity contribution < 1.29 is 13.2 Å². The van der Waals surface area contributed by atoms with E-state index in [1.807, 2.05) is 38.1 Å². The first-order valence-corrected chi connectivity index (χ1v) is 9.05. The smallest absolute Gasteiger partial charge is 0.240 e. The average molecular weight is 343 g/mol. The number of nitrogens with one attached hydrogen (secondary N) is 2. The van der Waals surface area contributed by atoms with E-state index >= 15 is 0 Å². The van der Waals surface area contributed by atoms with Crippen molar-refractivity contribution in [3.05, 3.63) is 53.6 Å². The molecule has 0 saturated carbocycles. The zero-order chi connectivity index (χ0) is 17.3. The van der Waals surface area contributed by atoms with E-state index in [4.69, 9.17) is 0 Å². The number of H-pyrrole nitrogens is 1. The number of para-hydroxylation sites is 1. The van der Waals surface area contributed by atoms with E-state index < -0.39 is 21.5 Å². The molecule has 0 unspecified atom stereocenters. The van der Waals surface area contributed by atoms with Crippen LogP contribution in [0.4, 0.5) is 5.69 Å². The van der Waals surface area contributed by atoms with Gasteiger partial charge in [0.15, 0.2) is 0 Å². The molecule has 24 heavy (non-hydrogen) atoms. The second kappa shape index (κ2) is 6.09. The van der Waals surface area contributed by atoms with Gasteiger partial charge in [0.05, 0.1) is 11.0 Å². The maximum absolute atomic E-state index is 12.4. The number of nitrogens with zero attached hydrogens (tertiary/aromatic N) is 1. The van der Waals surface area contributed by atoms with Crippen molar-refractivity contribution in [2.75, 3.05) is 11.1 Å². The van der Waals surface area contributed by atoms with E-state index in [0.29, 0.717) is 16.7 Å². The number of aromatic amines is 1. The van der Waals surface area contributed by atoms with E-state index in [0.717, 1.165) is 11.1 Å². The number of amides is 1. The molecule has 124 valence electrons. The van der Waals surface area contributed by atoms with Gasteiger partial charge >= 0.3 is 0 Å². The van der Waals surface area contributed by atoms with Crippen molar-refractivity contribution >= 4 is 32.5 Å². The van der Waals surface area contributed by atoms with Crippen molar-refractivity contribution in [1.82, 2.24) is 9.97 Å². The molecule has 2 aromatic carbocycles. The molecule has 0 aliphatic carbocycles. The average Bonchev–Trinajstić information content (AvgIpc) is 2.93. The standard InChI is InChI=1S/C17H17N3O3S/c1-11-7-8-14-15(9-11)20-17(19-14)24(22,23)10-16(21)18-13-6-4-3-5-12(13)2/h3-9H,10H2,1-2H3,(H,18,21)(H,19,20). The lowest BCUT2D eigenvalue weighted by molar-refractivity contribution is -0.113. The second-order valence-electron chi connectivity index (χ2n) is 5.68. The molecule has 3 rings (SSSR count). The van der Waals surface area contributed by atoms with Crippen LogP contribution < -0.4 is 5.32 Å². The van der Waals surface area contributed by atoms with Crippen LogP contribution in [-0.4, -0.2) is 30.0 Å². The predicted molar refractivity (Wildman–Crippen MR) is 92.7 cm³/mol. The number of imidazole rings is 1. The third-order valence-corrected chi connectivity index (χ3v) is 5.08. The number of aryl methyl sites for hydroxylation is 2. The minimum absolute atomic E-state index is 0.192. The summed E-state index contributed by atoms with van der Waals surface area (Å²) in [5, 5.41) is 2.43. The van der Waals surface area contributed by atoms with Gasteiger partial charge in [0.2, 0.25) is 20.9 Å². The summed E-state index contributed by atoms with van der Waals surface area (Å²) < 4.78 is 24.8. The Labute approximate surface area is 139 Å². The number of hydrogen-bond acceptors (Lipinski definition) is 4. The molecule has 1 amide bonds. The molecule has 0 atom stereocenters. The molecular formula is C17H17N3O3S. The van der Waals surface area contributed by atoms with Gasteiger partial charge in [-0.25, -0.2) is 13.4 Å². The summed E-state index contributed by atoms with van der Waals surface area (Å²) in [5.74, 6) is -1.26. The molecule has 1 aromatic heterocycles. The molecule has 0 spiro atoms. The van der Waals surface area contributed by atoms with Gasteiger partial charge in [0.1, 0.15) is 5.75 Å². The Morgan fingerprint density at radius 3 is 2.67 bits per heavy atom. The minimum atomic E-state index is -3.85. The van der Waals surface area contributed by atoms with Gasteiger partial charge in [-0.05, 0) is 43.2 Å². The SMILES string of the molecule is Cc1ccc2nc(S(=O)(=O)CC(=O)Nc3ccccc3C)[nH]c2c1. The number of carbonyl (C=O) groups is 1. The van der Waals surface area contributed by atoms with E-state index in [1.54, 1.807) is 18.2 Å². The van der Waals surface area contributed by atoms with Gasteiger partial charge in [0, 0.05) is 5.69 Å². The van der Waals surface area contributed by atoms with Gasteiger partial charge in [-0.1, -0.05) is 24.3 Å². The number of aromatic nitrogens is 2. The molecule has 3 aromatic rings. The highest BCUT2D eigenvalue weighted by atomic mass is 32.2. The van der Waals surface area contributed by atoms with Crippen LogP contribution in [0.3, 0.4) is 0 Å². The van der Waals surface area contributed by atoms with Gasteiger partial charge in [-0.2, -0.15) is 0 Å². The minimum Gasteiger partial charge on any atom is -0.329 e. The van der Waals surface area contributed by atoms with Crippen LogP contribution in [0, 0.1) is 13.8 Å². The van der Waals surface area contributed by atoms with Crippen LogP contribution >= 0.6 is 0 Å².